The van der Waals surface area contributed by atoms with Crippen molar-refractivity contribution < 1.29 is 22.7 Å². The third-order valence-electron chi connectivity index (χ3n) is 5.93. The van der Waals surface area contributed by atoms with Crippen molar-refractivity contribution in [1.29, 1.82) is 0 Å². The van der Waals surface area contributed by atoms with E-state index in [1.54, 1.807) is 0 Å². The molecule has 0 N–H and O–H groups in total. The Morgan fingerprint density at radius 3 is 1.54 bits per heavy atom. The summed E-state index contributed by atoms with van der Waals surface area (Å²) in [5.41, 5.74) is 0.693. The second-order valence-electron chi connectivity index (χ2n) is 8.18. The molecule has 0 bridgehead atoms. The van der Waals surface area contributed by atoms with Gasteiger partial charge in [-0.05, 0) is 0 Å². The molecule has 186 valence electrons. The predicted molar refractivity (Wildman–Crippen MR) is 158 cm³/mol. The van der Waals surface area contributed by atoms with Crippen LogP contribution in [0, 0.1) is 10.6 Å². The maximum atomic E-state index is 13.3. The molecule has 0 saturated heterocycles. The quantitative estimate of drug-likeness (QED) is 0.0886. The molecule has 0 aliphatic rings. The molecule has 0 spiro atoms. The number of terminal acetylenes is 1. The van der Waals surface area contributed by atoms with Crippen LogP contribution in [-0.2, 0) is 17.9 Å². The minimum atomic E-state index is -2.63. The zero-order valence-electron chi connectivity index (χ0n) is 20.1. The van der Waals surface area contributed by atoms with Gasteiger partial charge in [0.15, 0.2) is 0 Å². The predicted octanol–water partition coefficient (Wildman–Crippen LogP) is 6.09. The molecule has 0 atom stereocenters. The molecule has 0 radical (unpaired) electrons. The van der Waals surface area contributed by atoms with E-state index in [1.807, 2.05) is 42.5 Å². The fourth-order valence-corrected chi connectivity index (χ4v) is 24.3. The van der Waals surface area contributed by atoms with Crippen LogP contribution in [0.3, 0.4) is 0 Å². The summed E-state index contributed by atoms with van der Waals surface area (Å²) >= 11 is -1.02. The number of carbonyl (C=O) groups is 1. The first-order valence-corrected chi connectivity index (χ1v) is 19.9. The second kappa shape index (κ2) is 11.9. The topological polar surface area (TPSA) is 17.1 Å². The first-order chi connectivity index (χ1) is 18.2. The number of thioether (sulfide) groups is 1. The average molecular weight is 699 g/mol. The van der Waals surface area contributed by atoms with Crippen LogP contribution < -0.4 is 19.7 Å². The Hall–Kier alpha value is -3.15. The van der Waals surface area contributed by atoms with Gasteiger partial charge >= 0.3 is 231 Å². The molecule has 37 heavy (non-hydrogen) atoms. The number of benzene rings is 5. The first kappa shape index (κ1) is 25.5. The zero-order valence-corrected chi connectivity index (χ0v) is 24.0. The Kier molecular flexibility index (Phi) is 8.22. The number of carbonyl (C=O) groups excluding carboxylic acids is 1. The van der Waals surface area contributed by atoms with Crippen LogP contribution in [0.25, 0.3) is 0 Å². The van der Waals surface area contributed by atoms with Crippen molar-refractivity contribution in [2.24, 2.45) is 0 Å². The molecule has 1 nitrogen and oxygen atoms in total. The maximum absolute atomic E-state index is 13.3. The summed E-state index contributed by atoms with van der Waals surface area (Å²) in [5.74, 6) is 0. The molecule has 0 aromatic heterocycles. The van der Waals surface area contributed by atoms with E-state index in [-0.39, 0.29) is 5.12 Å². The number of hydrogen-bond donors (Lipinski definition) is 0. The van der Waals surface area contributed by atoms with Gasteiger partial charge in [-0.2, -0.15) is 0 Å². The van der Waals surface area contributed by atoms with Crippen LogP contribution in [0.5, 0.6) is 0 Å². The van der Waals surface area contributed by atoms with Gasteiger partial charge in [0.25, 0.3) is 0 Å². The Morgan fingerprint density at radius 1 is 0.622 bits per heavy atom. The first-order valence-electron chi connectivity index (χ1n) is 11.8. The molecule has 0 aliphatic heterocycles. The van der Waals surface area contributed by atoms with Gasteiger partial charge in [0.2, 0.25) is 0 Å². The summed E-state index contributed by atoms with van der Waals surface area (Å²) in [6.07, 6.45) is 6.51. The SMILES string of the molecule is C#[C][Au]([c]1cccc(C(=O)Sc2ccccc2)c1)[PH](c1ccccc1)(c1ccccc1)c1ccccc1. The number of rotatable bonds is 7. The van der Waals surface area contributed by atoms with E-state index >= 15 is 0 Å². The van der Waals surface area contributed by atoms with E-state index in [9.17, 15) is 4.79 Å². The summed E-state index contributed by atoms with van der Waals surface area (Å²) in [4.78, 5) is 14.2. The van der Waals surface area contributed by atoms with Crippen LogP contribution >= 0.6 is 16.9 Å². The van der Waals surface area contributed by atoms with Crippen LogP contribution in [0.15, 0.2) is 150 Å². The standard InChI is InChI=1S/C18H15P.C13H9OS.C2H.Au/c1-4-10-16(11-5-1)19(17-12-6-2-7-13-17)18-14-8-3-9-15-18;14-13(11-7-3-1-4-8-11)15-12-9-5-2-6-10-12;1-2;/h1-15H;1-3,5-10H;1H;/q;;;-1/p+1. The van der Waals surface area contributed by atoms with E-state index in [1.165, 1.54) is 27.7 Å². The fraction of sp³-hybridized carbons (Fsp3) is 0. The summed E-state index contributed by atoms with van der Waals surface area (Å²) in [5, 5.41) is 1.32. The zero-order chi connectivity index (χ0) is 25.5. The van der Waals surface area contributed by atoms with Crippen molar-refractivity contribution in [3.05, 3.63) is 151 Å². The van der Waals surface area contributed by atoms with Crippen molar-refractivity contribution in [3.63, 3.8) is 0 Å². The summed E-state index contributed by atoms with van der Waals surface area (Å²) < 4.78 is 4.50. The van der Waals surface area contributed by atoms with Gasteiger partial charge in [0.05, 0.1) is 0 Å². The second-order valence-corrected chi connectivity index (χ2v) is 23.0. The minimum absolute atomic E-state index is 0.0332. The Bertz CT molecular complexity index is 1420. The third kappa shape index (κ3) is 5.29. The Balaban J connectivity index is 1.70. The van der Waals surface area contributed by atoms with Gasteiger partial charge < -0.3 is 0 Å². The monoisotopic (exact) mass is 698 g/mol. The molecule has 0 unspecified atom stereocenters. The molecule has 5 rings (SSSR count). The van der Waals surface area contributed by atoms with Crippen molar-refractivity contribution >= 4 is 41.7 Å². The van der Waals surface area contributed by atoms with Crippen molar-refractivity contribution in [3.8, 4) is 10.6 Å². The molecular formula is C33H26AuOPS. The van der Waals surface area contributed by atoms with E-state index in [0.717, 1.165) is 8.68 Å². The normalized spacial score (nSPS) is 11.8. The Labute approximate surface area is 229 Å². The number of hydrogen-bond acceptors (Lipinski definition) is 2. The van der Waals surface area contributed by atoms with Gasteiger partial charge in [-0.15, -0.1) is 0 Å². The molecule has 0 saturated carbocycles. The van der Waals surface area contributed by atoms with Crippen LogP contribution in [-0.4, -0.2) is 5.12 Å². The molecule has 5 aromatic carbocycles. The van der Waals surface area contributed by atoms with Crippen LogP contribution in [0.4, 0.5) is 0 Å². The van der Waals surface area contributed by atoms with Crippen molar-refractivity contribution in [2.45, 2.75) is 4.90 Å². The molecule has 0 amide bonds. The molecular weight excluding hydrogens is 672 g/mol. The average Bonchev–Trinajstić information content (AvgIpc) is 2.98. The van der Waals surface area contributed by atoms with Gasteiger partial charge in [-0.3, -0.25) is 0 Å². The molecule has 0 aliphatic carbocycles. The molecule has 4 heteroatoms. The summed E-state index contributed by atoms with van der Waals surface area (Å²) in [7, 11) is 0. The third-order valence-corrected chi connectivity index (χ3v) is 25.8. The van der Waals surface area contributed by atoms with E-state index in [4.69, 9.17) is 6.42 Å². The van der Waals surface area contributed by atoms with E-state index in [2.05, 4.69) is 107 Å². The fourth-order valence-electron chi connectivity index (χ4n) is 4.32. The summed E-state index contributed by atoms with van der Waals surface area (Å²) in [6, 6.07) is 50.2. The van der Waals surface area contributed by atoms with E-state index < -0.39 is 23.1 Å². The molecule has 5 aromatic rings. The van der Waals surface area contributed by atoms with E-state index in [0.29, 0.717) is 5.56 Å². The van der Waals surface area contributed by atoms with Gasteiger partial charge in [-0.1, -0.05) is 0 Å². The van der Waals surface area contributed by atoms with Crippen LogP contribution in [0.2, 0.25) is 0 Å². The van der Waals surface area contributed by atoms with Crippen molar-refractivity contribution in [2.75, 3.05) is 0 Å². The van der Waals surface area contributed by atoms with Gasteiger partial charge in [0, 0.05) is 0 Å². The summed E-state index contributed by atoms with van der Waals surface area (Å²) in [6.45, 7) is 0. The molecule has 0 fully saturated rings. The van der Waals surface area contributed by atoms with Gasteiger partial charge in [-0.25, -0.2) is 0 Å². The van der Waals surface area contributed by atoms with Gasteiger partial charge in [0.1, 0.15) is 0 Å². The molecule has 0 heterocycles. The van der Waals surface area contributed by atoms with Crippen molar-refractivity contribution in [1.82, 2.24) is 0 Å². The Morgan fingerprint density at radius 2 is 1.08 bits per heavy atom. The van der Waals surface area contributed by atoms with Crippen LogP contribution in [0.1, 0.15) is 10.4 Å².